The van der Waals surface area contributed by atoms with Crippen LogP contribution in [0.1, 0.15) is 23.0 Å². The van der Waals surface area contributed by atoms with Gasteiger partial charge in [0, 0.05) is 16.9 Å². The van der Waals surface area contributed by atoms with E-state index < -0.39 is 0 Å². The minimum Gasteiger partial charge on any atom is -0.355 e. The fourth-order valence-electron chi connectivity index (χ4n) is 1.98. The van der Waals surface area contributed by atoms with Gasteiger partial charge in [-0.25, -0.2) is 0 Å². The second-order valence-corrected chi connectivity index (χ2v) is 4.48. The number of hydrogen-bond acceptors (Lipinski definition) is 3. The first kappa shape index (κ1) is 11.3. The lowest BCUT2D eigenvalue weighted by molar-refractivity contribution is 0.0850. The molecule has 3 heteroatoms. The molecule has 1 heterocycles. The molecule has 0 amide bonds. The monoisotopic (exact) mass is 241 g/mol. The number of nitrogens with one attached hydrogen (secondary N) is 1. The summed E-state index contributed by atoms with van der Waals surface area (Å²) in [6.07, 6.45) is -0.223. The van der Waals surface area contributed by atoms with E-state index in [2.05, 4.69) is 37.4 Å². The zero-order chi connectivity index (χ0) is 12.5. The van der Waals surface area contributed by atoms with Gasteiger partial charge in [-0.05, 0) is 37.1 Å². The van der Waals surface area contributed by atoms with Crippen LogP contribution in [0.4, 0.5) is 11.4 Å². The van der Waals surface area contributed by atoms with E-state index >= 15 is 0 Å². The van der Waals surface area contributed by atoms with Gasteiger partial charge in [-0.3, -0.25) is 0 Å². The quantitative estimate of drug-likeness (QED) is 0.651. The van der Waals surface area contributed by atoms with Gasteiger partial charge in [-0.2, -0.15) is 9.78 Å². The summed E-state index contributed by atoms with van der Waals surface area (Å²) in [6.45, 7) is 4.23. The van der Waals surface area contributed by atoms with E-state index in [0.29, 0.717) is 0 Å². The Morgan fingerprint density at radius 3 is 2.39 bits per heavy atom. The molecular formula is C15H15NO2. The molecular weight excluding hydrogens is 226 g/mol. The molecule has 0 saturated carbocycles. The third-order valence-electron chi connectivity index (χ3n) is 3.28. The van der Waals surface area contributed by atoms with Crippen molar-refractivity contribution in [1.82, 2.24) is 0 Å². The summed E-state index contributed by atoms with van der Waals surface area (Å²) in [4.78, 5) is 9.77. The summed E-state index contributed by atoms with van der Waals surface area (Å²) in [5.41, 5.74) is 5.69. The van der Waals surface area contributed by atoms with Gasteiger partial charge in [0.25, 0.3) is 6.29 Å². The smallest absolute Gasteiger partial charge is 0.251 e. The van der Waals surface area contributed by atoms with Crippen LogP contribution in [0.2, 0.25) is 0 Å². The molecule has 0 radical (unpaired) electrons. The molecule has 0 atom stereocenters. The standard InChI is InChI=1S/C15H15NO2/c1-10-6-5-9-13(11(10)2)16-14-8-4-3-7-12(14)15-17-18-15/h3-9,15-16H,1-2H3. The van der Waals surface area contributed by atoms with E-state index in [4.69, 9.17) is 9.78 Å². The lowest BCUT2D eigenvalue weighted by Crippen LogP contribution is -1.98. The van der Waals surface area contributed by atoms with Crippen LogP contribution in [0.25, 0.3) is 0 Å². The maximum Gasteiger partial charge on any atom is 0.251 e. The second kappa shape index (κ2) is 4.44. The molecule has 2 aromatic rings. The number of anilines is 2. The largest absolute Gasteiger partial charge is 0.355 e. The van der Waals surface area contributed by atoms with Crippen LogP contribution in [-0.4, -0.2) is 0 Å². The van der Waals surface area contributed by atoms with E-state index in [1.807, 2.05) is 24.3 Å². The van der Waals surface area contributed by atoms with Gasteiger partial charge < -0.3 is 5.32 Å². The Labute approximate surface area is 106 Å². The van der Waals surface area contributed by atoms with Gasteiger partial charge in [0.15, 0.2) is 0 Å². The van der Waals surface area contributed by atoms with Crippen LogP contribution in [0.15, 0.2) is 42.5 Å². The van der Waals surface area contributed by atoms with Crippen molar-refractivity contribution in [1.29, 1.82) is 0 Å². The topological polar surface area (TPSA) is 37.1 Å². The van der Waals surface area contributed by atoms with Gasteiger partial charge in [-0.1, -0.05) is 30.3 Å². The molecule has 0 unspecified atom stereocenters. The van der Waals surface area contributed by atoms with E-state index in [1.165, 1.54) is 11.1 Å². The minimum absolute atomic E-state index is 0.223. The van der Waals surface area contributed by atoms with Crippen molar-refractivity contribution in [3.63, 3.8) is 0 Å². The first-order valence-corrected chi connectivity index (χ1v) is 6.00. The van der Waals surface area contributed by atoms with Crippen molar-refractivity contribution < 1.29 is 9.78 Å². The first-order chi connectivity index (χ1) is 8.75. The number of para-hydroxylation sites is 1. The van der Waals surface area contributed by atoms with Crippen LogP contribution in [0.5, 0.6) is 0 Å². The van der Waals surface area contributed by atoms with Crippen LogP contribution in [0.3, 0.4) is 0 Å². The first-order valence-electron chi connectivity index (χ1n) is 6.00. The van der Waals surface area contributed by atoms with Crippen LogP contribution in [0, 0.1) is 13.8 Å². The predicted molar refractivity (Wildman–Crippen MR) is 70.6 cm³/mol. The zero-order valence-electron chi connectivity index (χ0n) is 10.4. The van der Waals surface area contributed by atoms with Crippen molar-refractivity contribution >= 4 is 11.4 Å². The van der Waals surface area contributed by atoms with Crippen LogP contribution < -0.4 is 5.32 Å². The Hall–Kier alpha value is -1.84. The van der Waals surface area contributed by atoms with Gasteiger partial charge >= 0.3 is 0 Å². The molecule has 2 aromatic carbocycles. The number of aryl methyl sites for hydroxylation is 1. The van der Waals surface area contributed by atoms with E-state index in [9.17, 15) is 0 Å². The van der Waals surface area contributed by atoms with Gasteiger partial charge in [0.1, 0.15) is 0 Å². The van der Waals surface area contributed by atoms with Gasteiger partial charge in [0.2, 0.25) is 0 Å². The normalized spacial score (nSPS) is 14.6. The van der Waals surface area contributed by atoms with Crippen LogP contribution in [-0.2, 0) is 9.78 Å². The Kier molecular flexibility index (Phi) is 2.78. The van der Waals surface area contributed by atoms with Gasteiger partial charge in [0.05, 0.1) is 0 Å². The summed E-state index contributed by atoms with van der Waals surface area (Å²) >= 11 is 0. The average Bonchev–Trinajstić information content (AvgIpc) is 3.20. The SMILES string of the molecule is Cc1cccc(Nc2ccccc2C2OO2)c1C. The molecule has 92 valence electrons. The minimum atomic E-state index is -0.223. The highest BCUT2D eigenvalue weighted by atomic mass is 17.4. The van der Waals surface area contributed by atoms with Crippen molar-refractivity contribution in [2.24, 2.45) is 0 Å². The van der Waals surface area contributed by atoms with E-state index in [-0.39, 0.29) is 6.29 Å². The molecule has 0 spiro atoms. The number of rotatable bonds is 3. The molecule has 1 saturated heterocycles. The van der Waals surface area contributed by atoms with Gasteiger partial charge in [-0.15, -0.1) is 0 Å². The lowest BCUT2D eigenvalue weighted by Gasteiger charge is -2.13. The number of benzene rings is 2. The van der Waals surface area contributed by atoms with E-state index in [0.717, 1.165) is 16.9 Å². The van der Waals surface area contributed by atoms with Crippen molar-refractivity contribution in [2.75, 3.05) is 5.32 Å². The third-order valence-corrected chi connectivity index (χ3v) is 3.28. The third kappa shape index (κ3) is 2.10. The Morgan fingerprint density at radius 2 is 1.61 bits per heavy atom. The molecule has 18 heavy (non-hydrogen) atoms. The Bertz CT molecular complexity index is 576. The average molecular weight is 241 g/mol. The molecule has 1 aliphatic rings. The van der Waals surface area contributed by atoms with Crippen molar-refractivity contribution in [2.45, 2.75) is 20.1 Å². The number of hydrogen-bond donors (Lipinski definition) is 1. The highest BCUT2D eigenvalue weighted by Crippen LogP contribution is 2.37. The predicted octanol–water partition coefficient (Wildman–Crippen LogP) is 4.01. The van der Waals surface area contributed by atoms with E-state index in [1.54, 1.807) is 0 Å². The second-order valence-electron chi connectivity index (χ2n) is 4.48. The summed E-state index contributed by atoms with van der Waals surface area (Å²) in [5.74, 6) is 0. The highest BCUT2D eigenvalue weighted by molar-refractivity contribution is 5.67. The lowest BCUT2D eigenvalue weighted by atomic mass is 10.1. The molecule has 1 fully saturated rings. The van der Waals surface area contributed by atoms with Crippen molar-refractivity contribution in [3.8, 4) is 0 Å². The fourth-order valence-corrected chi connectivity index (χ4v) is 1.98. The molecule has 1 aliphatic heterocycles. The summed E-state index contributed by atoms with van der Waals surface area (Å²) in [6, 6.07) is 14.3. The Balaban J connectivity index is 1.94. The maximum absolute atomic E-state index is 4.89. The summed E-state index contributed by atoms with van der Waals surface area (Å²) in [7, 11) is 0. The summed E-state index contributed by atoms with van der Waals surface area (Å²) in [5, 5.41) is 3.44. The molecule has 0 aliphatic carbocycles. The molecule has 0 bridgehead atoms. The maximum atomic E-state index is 4.89. The van der Waals surface area contributed by atoms with Crippen molar-refractivity contribution in [3.05, 3.63) is 59.2 Å². The molecule has 3 nitrogen and oxygen atoms in total. The van der Waals surface area contributed by atoms with Crippen LogP contribution >= 0.6 is 0 Å². The highest BCUT2D eigenvalue weighted by Gasteiger charge is 2.30. The molecule has 0 aromatic heterocycles. The molecule has 3 rings (SSSR count). The summed E-state index contributed by atoms with van der Waals surface area (Å²) < 4.78 is 0. The zero-order valence-corrected chi connectivity index (χ0v) is 10.4. The fraction of sp³-hybridized carbons (Fsp3) is 0.200. The Morgan fingerprint density at radius 1 is 0.889 bits per heavy atom. The molecule has 1 N–H and O–H groups in total.